The summed E-state index contributed by atoms with van der Waals surface area (Å²) < 4.78 is 0. The van der Waals surface area contributed by atoms with Gasteiger partial charge in [0.05, 0.1) is 0 Å². The number of benzene rings is 1. The van der Waals surface area contributed by atoms with Gasteiger partial charge in [-0.05, 0) is 24.1 Å². The zero-order valence-electron chi connectivity index (χ0n) is 10.5. The third kappa shape index (κ3) is 5.68. The maximum Gasteiger partial charge on any atom is 0.233 e. The molecule has 4 nitrogen and oxygen atoms in total. The molecule has 0 saturated heterocycles. The van der Waals surface area contributed by atoms with Crippen molar-refractivity contribution in [3.8, 4) is 0 Å². The summed E-state index contributed by atoms with van der Waals surface area (Å²) in [5, 5.41) is 5.84. The van der Waals surface area contributed by atoms with Crippen molar-refractivity contribution in [1.29, 1.82) is 0 Å². The monoisotopic (exact) mass is 268 g/mol. The summed E-state index contributed by atoms with van der Waals surface area (Å²) in [6, 6.07) is 6.80. The molecule has 0 aliphatic heterocycles. The number of carbonyl (C=O) groups excluding carboxylic acids is 2. The van der Waals surface area contributed by atoms with Crippen molar-refractivity contribution in [3.63, 3.8) is 0 Å². The average Bonchev–Trinajstić information content (AvgIpc) is 2.26. The van der Waals surface area contributed by atoms with Crippen LogP contribution in [0.2, 0.25) is 5.02 Å². The molecule has 2 amide bonds. The number of carbonyl (C=O) groups is 2. The molecule has 0 radical (unpaired) electrons. The molecule has 18 heavy (non-hydrogen) atoms. The van der Waals surface area contributed by atoms with Crippen molar-refractivity contribution in [2.45, 2.75) is 20.3 Å². The summed E-state index contributed by atoms with van der Waals surface area (Å²) in [7, 11) is 0. The van der Waals surface area contributed by atoms with E-state index in [1.807, 2.05) is 13.8 Å². The number of nitrogens with one attached hydrogen (secondary N) is 2. The minimum absolute atomic E-state index is 0.181. The van der Waals surface area contributed by atoms with Crippen LogP contribution in [0.25, 0.3) is 0 Å². The topological polar surface area (TPSA) is 58.2 Å². The smallest absolute Gasteiger partial charge is 0.233 e. The Balaban J connectivity index is 2.40. The van der Waals surface area contributed by atoms with Gasteiger partial charge in [0.1, 0.15) is 6.42 Å². The normalized spacial score (nSPS) is 10.2. The summed E-state index contributed by atoms with van der Waals surface area (Å²) in [5.74, 6) is -0.258. The van der Waals surface area contributed by atoms with Crippen LogP contribution in [0.3, 0.4) is 0 Å². The molecule has 0 aliphatic rings. The third-order valence-electron chi connectivity index (χ3n) is 2.14. The van der Waals surface area contributed by atoms with Crippen molar-refractivity contribution < 1.29 is 9.59 Å². The van der Waals surface area contributed by atoms with Crippen molar-refractivity contribution in [1.82, 2.24) is 5.32 Å². The first-order valence-corrected chi connectivity index (χ1v) is 6.17. The Hall–Kier alpha value is -1.55. The zero-order valence-corrected chi connectivity index (χ0v) is 11.3. The Kier molecular flexibility index (Phi) is 5.65. The molecule has 98 valence electrons. The quantitative estimate of drug-likeness (QED) is 0.806. The molecule has 0 saturated carbocycles. The van der Waals surface area contributed by atoms with Crippen LogP contribution in [0.4, 0.5) is 5.69 Å². The molecular formula is C13H17ClN2O2. The highest BCUT2D eigenvalue weighted by Gasteiger charge is 2.09. The lowest BCUT2D eigenvalue weighted by Gasteiger charge is -2.08. The minimum atomic E-state index is -0.349. The number of rotatable bonds is 5. The van der Waals surface area contributed by atoms with Gasteiger partial charge in [-0.3, -0.25) is 9.59 Å². The third-order valence-corrected chi connectivity index (χ3v) is 2.37. The molecular weight excluding hydrogens is 252 g/mol. The Morgan fingerprint density at radius 2 is 2.00 bits per heavy atom. The van der Waals surface area contributed by atoms with Gasteiger partial charge in [0.15, 0.2) is 0 Å². The van der Waals surface area contributed by atoms with Gasteiger partial charge in [-0.1, -0.05) is 31.5 Å². The number of hydrogen-bond donors (Lipinski definition) is 2. The Morgan fingerprint density at radius 1 is 1.28 bits per heavy atom. The zero-order chi connectivity index (χ0) is 13.5. The summed E-state index contributed by atoms with van der Waals surface area (Å²) in [6.45, 7) is 4.56. The second kappa shape index (κ2) is 7.01. The average molecular weight is 269 g/mol. The number of hydrogen-bond acceptors (Lipinski definition) is 2. The minimum Gasteiger partial charge on any atom is -0.355 e. The van der Waals surface area contributed by atoms with E-state index in [0.717, 1.165) is 0 Å². The van der Waals surface area contributed by atoms with E-state index in [2.05, 4.69) is 10.6 Å². The molecule has 1 aromatic carbocycles. The number of halogens is 1. The second-order valence-electron chi connectivity index (χ2n) is 4.43. The Bertz CT molecular complexity index is 433. The molecule has 1 rings (SSSR count). The van der Waals surface area contributed by atoms with Gasteiger partial charge >= 0.3 is 0 Å². The summed E-state index contributed by atoms with van der Waals surface area (Å²) in [4.78, 5) is 23.0. The lowest BCUT2D eigenvalue weighted by atomic mass is 10.2. The molecule has 2 N–H and O–H groups in total. The molecule has 0 heterocycles. The van der Waals surface area contributed by atoms with Gasteiger partial charge in [-0.2, -0.15) is 0 Å². The van der Waals surface area contributed by atoms with Crippen LogP contribution in [0, 0.1) is 5.92 Å². The van der Waals surface area contributed by atoms with E-state index in [-0.39, 0.29) is 18.2 Å². The lowest BCUT2D eigenvalue weighted by Crippen LogP contribution is -2.30. The molecule has 0 aromatic heterocycles. The summed E-state index contributed by atoms with van der Waals surface area (Å²) >= 11 is 5.79. The SMILES string of the molecule is CC(C)CNC(=O)CC(=O)Nc1cccc(Cl)c1. The largest absolute Gasteiger partial charge is 0.355 e. The molecule has 0 aliphatic carbocycles. The van der Waals surface area contributed by atoms with E-state index in [1.54, 1.807) is 24.3 Å². The predicted molar refractivity (Wildman–Crippen MR) is 72.5 cm³/mol. The predicted octanol–water partition coefficient (Wildman–Crippen LogP) is 2.44. The highest BCUT2D eigenvalue weighted by atomic mass is 35.5. The highest BCUT2D eigenvalue weighted by molar-refractivity contribution is 6.30. The Morgan fingerprint density at radius 3 is 2.61 bits per heavy atom. The van der Waals surface area contributed by atoms with Crippen LogP contribution < -0.4 is 10.6 Å². The van der Waals surface area contributed by atoms with E-state index in [4.69, 9.17) is 11.6 Å². The van der Waals surface area contributed by atoms with Crippen LogP contribution in [-0.4, -0.2) is 18.4 Å². The molecule has 0 atom stereocenters. The Labute approximate surface area is 112 Å². The van der Waals surface area contributed by atoms with Crippen molar-refractivity contribution in [3.05, 3.63) is 29.3 Å². The first-order valence-electron chi connectivity index (χ1n) is 5.79. The van der Waals surface area contributed by atoms with Gasteiger partial charge in [-0.15, -0.1) is 0 Å². The van der Waals surface area contributed by atoms with Crippen LogP contribution in [0.1, 0.15) is 20.3 Å². The molecule has 1 aromatic rings. The van der Waals surface area contributed by atoms with E-state index in [9.17, 15) is 9.59 Å². The van der Waals surface area contributed by atoms with Gasteiger partial charge in [0.2, 0.25) is 11.8 Å². The molecule has 0 bridgehead atoms. The number of amides is 2. The summed E-state index contributed by atoms with van der Waals surface area (Å²) in [5.41, 5.74) is 0.587. The van der Waals surface area contributed by atoms with Crippen LogP contribution in [-0.2, 0) is 9.59 Å². The van der Waals surface area contributed by atoms with Crippen molar-refractivity contribution in [2.75, 3.05) is 11.9 Å². The molecule has 5 heteroatoms. The summed E-state index contributed by atoms with van der Waals surface area (Å²) in [6.07, 6.45) is -0.181. The molecule has 0 fully saturated rings. The van der Waals surface area contributed by atoms with Crippen LogP contribution in [0.5, 0.6) is 0 Å². The second-order valence-corrected chi connectivity index (χ2v) is 4.87. The first-order chi connectivity index (χ1) is 8.47. The van der Waals surface area contributed by atoms with Crippen LogP contribution in [0.15, 0.2) is 24.3 Å². The number of anilines is 1. The van der Waals surface area contributed by atoms with E-state index < -0.39 is 0 Å². The fraction of sp³-hybridized carbons (Fsp3) is 0.385. The highest BCUT2D eigenvalue weighted by Crippen LogP contribution is 2.14. The fourth-order valence-corrected chi connectivity index (χ4v) is 1.49. The van der Waals surface area contributed by atoms with Gasteiger partial charge in [0.25, 0.3) is 0 Å². The fourth-order valence-electron chi connectivity index (χ4n) is 1.30. The standard InChI is InChI=1S/C13H17ClN2O2/c1-9(2)8-15-12(17)7-13(18)16-11-5-3-4-10(14)6-11/h3-6,9H,7-8H2,1-2H3,(H,15,17)(H,16,18). The van der Waals surface area contributed by atoms with Gasteiger partial charge in [0, 0.05) is 17.3 Å². The molecule has 0 unspecified atom stereocenters. The maximum atomic E-state index is 11.6. The van der Waals surface area contributed by atoms with E-state index in [0.29, 0.717) is 23.2 Å². The van der Waals surface area contributed by atoms with Crippen LogP contribution >= 0.6 is 11.6 Å². The van der Waals surface area contributed by atoms with Gasteiger partial charge < -0.3 is 10.6 Å². The molecule has 0 spiro atoms. The van der Waals surface area contributed by atoms with E-state index in [1.165, 1.54) is 0 Å². The maximum absolute atomic E-state index is 11.6. The lowest BCUT2D eigenvalue weighted by molar-refractivity contribution is -0.126. The van der Waals surface area contributed by atoms with E-state index >= 15 is 0 Å². The van der Waals surface area contributed by atoms with Crippen molar-refractivity contribution in [2.24, 2.45) is 5.92 Å². The van der Waals surface area contributed by atoms with Crippen molar-refractivity contribution >= 4 is 29.1 Å². The van der Waals surface area contributed by atoms with Gasteiger partial charge in [-0.25, -0.2) is 0 Å². The first kappa shape index (κ1) is 14.5.